The molecule has 0 saturated carbocycles. The lowest BCUT2D eigenvalue weighted by atomic mass is 10.1. The lowest BCUT2D eigenvalue weighted by Gasteiger charge is -2.24. The topological polar surface area (TPSA) is 88.2 Å². The highest BCUT2D eigenvalue weighted by molar-refractivity contribution is 7.80. The number of amides is 2. The van der Waals surface area contributed by atoms with Gasteiger partial charge in [0.25, 0.3) is 5.91 Å². The average Bonchev–Trinajstić information content (AvgIpc) is 3.43. The van der Waals surface area contributed by atoms with Crippen LogP contribution in [0.25, 0.3) is 0 Å². The van der Waals surface area contributed by atoms with Gasteiger partial charge in [0.1, 0.15) is 11.8 Å². The van der Waals surface area contributed by atoms with Crippen molar-refractivity contribution in [3.63, 3.8) is 0 Å². The molecule has 1 atom stereocenters. The van der Waals surface area contributed by atoms with Gasteiger partial charge in [-0.15, -0.1) is 11.3 Å². The van der Waals surface area contributed by atoms with Gasteiger partial charge in [-0.1, -0.05) is 0 Å². The Bertz CT molecular complexity index is 1340. The summed E-state index contributed by atoms with van der Waals surface area (Å²) >= 11 is 7.45. The summed E-state index contributed by atoms with van der Waals surface area (Å²) in [7, 11) is 0. The van der Waals surface area contributed by atoms with Crippen molar-refractivity contribution in [3.8, 4) is 5.75 Å². The Morgan fingerprint density at radius 1 is 1.03 bits per heavy atom. The molecule has 0 spiro atoms. The second-order valence-corrected chi connectivity index (χ2v) is 10.3. The molecule has 10 heteroatoms. The third-order valence-corrected chi connectivity index (χ3v) is 7.83. The zero-order valence-electron chi connectivity index (χ0n) is 22.1. The summed E-state index contributed by atoms with van der Waals surface area (Å²) in [5, 5.41) is 5.25. The summed E-state index contributed by atoms with van der Waals surface area (Å²) < 4.78 is 10.5. The number of anilines is 2. The smallest absolute Gasteiger partial charge is 0.338 e. The maximum atomic E-state index is 13.7. The summed E-state index contributed by atoms with van der Waals surface area (Å²) in [6, 6.07) is 15.0. The second-order valence-electron chi connectivity index (χ2n) is 8.92. The normalized spacial score (nSPS) is 15.0. The predicted molar refractivity (Wildman–Crippen MR) is 157 cm³/mol. The SMILES string of the molecule is CCOC(=O)c1ccc(NC(=O)C[C@@H]2C(=O)N(c3ccc(OCC)cc3)C(=S)N2CCc2sccc2C)cc1. The number of rotatable bonds is 11. The van der Waals surface area contributed by atoms with Gasteiger partial charge >= 0.3 is 5.97 Å². The number of esters is 1. The summed E-state index contributed by atoms with van der Waals surface area (Å²) in [5.41, 5.74) is 2.74. The molecule has 0 bridgehead atoms. The molecule has 1 saturated heterocycles. The average molecular weight is 566 g/mol. The van der Waals surface area contributed by atoms with E-state index in [0.29, 0.717) is 47.4 Å². The van der Waals surface area contributed by atoms with Crippen molar-refractivity contribution in [2.75, 3.05) is 30.0 Å². The molecule has 2 amide bonds. The minimum atomic E-state index is -0.747. The van der Waals surface area contributed by atoms with Gasteiger partial charge in [-0.2, -0.15) is 0 Å². The van der Waals surface area contributed by atoms with Gasteiger partial charge in [-0.25, -0.2) is 4.79 Å². The first-order chi connectivity index (χ1) is 18.8. The number of carbonyl (C=O) groups excluding carboxylic acids is 3. The number of thiophene rings is 1. The van der Waals surface area contributed by atoms with E-state index in [9.17, 15) is 14.4 Å². The molecule has 1 aliphatic heterocycles. The van der Waals surface area contributed by atoms with E-state index in [0.717, 1.165) is 0 Å². The second kappa shape index (κ2) is 12.9. The maximum absolute atomic E-state index is 13.7. The molecule has 0 aliphatic carbocycles. The van der Waals surface area contributed by atoms with Crippen molar-refractivity contribution in [2.45, 2.75) is 39.7 Å². The highest BCUT2D eigenvalue weighted by Gasteiger charge is 2.44. The van der Waals surface area contributed by atoms with E-state index in [1.807, 2.05) is 17.2 Å². The molecule has 8 nitrogen and oxygen atoms in total. The van der Waals surface area contributed by atoms with E-state index in [-0.39, 0.29) is 24.8 Å². The van der Waals surface area contributed by atoms with Gasteiger partial charge in [0.05, 0.1) is 30.9 Å². The zero-order valence-corrected chi connectivity index (χ0v) is 23.8. The van der Waals surface area contributed by atoms with Gasteiger partial charge in [-0.05, 0) is 105 Å². The van der Waals surface area contributed by atoms with E-state index >= 15 is 0 Å². The van der Waals surface area contributed by atoms with E-state index < -0.39 is 12.0 Å². The fraction of sp³-hybridized carbons (Fsp3) is 0.310. The molecule has 204 valence electrons. The molecule has 4 rings (SSSR count). The summed E-state index contributed by atoms with van der Waals surface area (Å²) in [4.78, 5) is 43.2. The Labute approximate surface area is 237 Å². The van der Waals surface area contributed by atoms with Crippen LogP contribution in [-0.4, -0.2) is 53.6 Å². The Kier molecular flexibility index (Phi) is 9.32. The van der Waals surface area contributed by atoms with Crippen LogP contribution in [0.5, 0.6) is 5.75 Å². The van der Waals surface area contributed by atoms with Crippen LogP contribution < -0.4 is 15.0 Å². The van der Waals surface area contributed by atoms with Crippen molar-refractivity contribution in [2.24, 2.45) is 0 Å². The number of nitrogens with one attached hydrogen (secondary N) is 1. The van der Waals surface area contributed by atoms with Crippen LogP contribution in [-0.2, 0) is 20.7 Å². The van der Waals surface area contributed by atoms with Gasteiger partial charge in [-0.3, -0.25) is 14.5 Å². The van der Waals surface area contributed by atoms with Crippen LogP contribution >= 0.6 is 23.6 Å². The monoisotopic (exact) mass is 565 g/mol. The van der Waals surface area contributed by atoms with E-state index in [1.54, 1.807) is 66.8 Å². The first-order valence-corrected chi connectivity index (χ1v) is 14.1. The van der Waals surface area contributed by atoms with Crippen LogP contribution in [0.1, 0.15) is 41.1 Å². The number of carbonyl (C=O) groups is 3. The fourth-order valence-corrected chi connectivity index (χ4v) is 5.67. The molecule has 2 heterocycles. The number of benzene rings is 2. The first kappa shape index (κ1) is 28.3. The van der Waals surface area contributed by atoms with E-state index in [2.05, 4.69) is 18.3 Å². The summed E-state index contributed by atoms with van der Waals surface area (Å²) in [5.74, 6) is -0.300. The molecule has 39 heavy (non-hydrogen) atoms. The van der Waals surface area contributed by atoms with Crippen LogP contribution in [0.15, 0.2) is 60.0 Å². The molecule has 0 radical (unpaired) electrons. The summed E-state index contributed by atoms with van der Waals surface area (Å²) in [6.45, 7) is 7.04. The number of ether oxygens (including phenoxy) is 2. The van der Waals surface area contributed by atoms with E-state index in [4.69, 9.17) is 21.7 Å². The van der Waals surface area contributed by atoms with Crippen molar-refractivity contribution >= 4 is 57.8 Å². The summed E-state index contributed by atoms with van der Waals surface area (Å²) in [6.07, 6.45) is 0.636. The van der Waals surface area contributed by atoms with Crippen molar-refractivity contribution in [3.05, 3.63) is 76.0 Å². The number of thiocarbonyl (C=S) groups is 1. The molecular weight excluding hydrogens is 534 g/mol. The molecule has 3 aromatic rings. The molecule has 1 fully saturated rings. The van der Waals surface area contributed by atoms with E-state index in [1.165, 1.54) is 15.3 Å². The zero-order chi connectivity index (χ0) is 27.9. The number of hydrogen-bond acceptors (Lipinski definition) is 7. The molecule has 0 unspecified atom stereocenters. The predicted octanol–water partition coefficient (Wildman–Crippen LogP) is 5.21. The Balaban J connectivity index is 1.51. The minimum Gasteiger partial charge on any atom is -0.494 e. The Hall–Kier alpha value is -3.76. The third kappa shape index (κ3) is 6.63. The molecule has 1 aliphatic rings. The highest BCUT2D eigenvalue weighted by atomic mass is 32.1. The molecule has 2 aromatic carbocycles. The third-order valence-electron chi connectivity index (χ3n) is 6.33. The van der Waals surface area contributed by atoms with Crippen molar-refractivity contribution < 1.29 is 23.9 Å². The van der Waals surface area contributed by atoms with Crippen LogP contribution in [0.2, 0.25) is 0 Å². The van der Waals surface area contributed by atoms with Crippen LogP contribution in [0, 0.1) is 6.92 Å². The van der Waals surface area contributed by atoms with Crippen LogP contribution in [0.3, 0.4) is 0 Å². The Morgan fingerprint density at radius 2 is 1.74 bits per heavy atom. The fourth-order valence-electron chi connectivity index (χ4n) is 4.36. The maximum Gasteiger partial charge on any atom is 0.338 e. The lowest BCUT2D eigenvalue weighted by molar-refractivity contribution is -0.124. The standard InChI is InChI=1S/C29H31N3O5S2/c1-4-36-23-12-10-22(11-13-23)32-27(34)24(31(29(32)38)16-14-25-19(3)15-17-39-25)18-26(33)30-21-8-6-20(7-9-21)28(35)37-5-2/h6-13,15,17,24H,4-5,14,16,18H2,1-3H3,(H,30,33)/t24-/m1/s1. The highest BCUT2D eigenvalue weighted by Crippen LogP contribution is 2.30. The van der Waals surface area contributed by atoms with Gasteiger partial charge < -0.3 is 19.7 Å². The molecular formula is C29H31N3O5S2. The molecule has 1 N–H and O–H groups in total. The number of nitrogens with zero attached hydrogens (tertiary/aromatic N) is 2. The minimum absolute atomic E-state index is 0.0739. The quantitative estimate of drug-likeness (QED) is 0.252. The van der Waals surface area contributed by atoms with Gasteiger partial charge in [0.2, 0.25) is 5.91 Å². The van der Waals surface area contributed by atoms with Crippen LogP contribution in [0.4, 0.5) is 11.4 Å². The first-order valence-electron chi connectivity index (χ1n) is 12.8. The van der Waals surface area contributed by atoms with Crippen molar-refractivity contribution in [1.82, 2.24) is 4.90 Å². The largest absolute Gasteiger partial charge is 0.494 e. The lowest BCUT2D eigenvalue weighted by Crippen LogP contribution is -2.39. The van der Waals surface area contributed by atoms with Gasteiger partial charge in [0.15, 0.2) is 5.11 Å². The Morgan fingerprint density at radius 3 is 2.36 bits per heavy atom. The number of aryl methyl sites for hydroxylation is 1. The molecule has 1 aromatic heterocycles. The van der Waals surface area contributed by atoms with Crippen molar-refractivity contribution in [1.29, 1.82) is 0 Å². The number of hydrogen-bond donors (Lipinski definition) is 1. The van der Waals surface area contributed by atoms with Gasteiger partial charge in [0, 0.05) is 17.1 Å².